The van der Waals surface area contributed by atoms with Gasteiger partial charge in [0.1, 0.15) is 16.8 Å². The molecule has 1 fully saturated rings. The van der Waals surface area contributed by atoms with Crippen molar-refractivity contribution in [3.05, 3.63) is 51.8 Å². The van der Waals surface area contributed by atoms with Gasteiger partial charge < -0.3 is 14.2 Å². The Labute approximate surface area is 192 Å². The van der Waals surface area contributed by atoms with Crippen molar-refractivity contribution < 1.29 is 32.2 Å². The van der Waals surface area contributed by atoms with Crippen LogP contribution in [0.2, 0.25) is 0 Å². The molecule has 1 aliphatic rings. The van der Waals surface area contributed by atoms with Crippen molar-refractivity contribution in [2.75, 3.05) is 14.2 Å². The van der Waals surface area contributed by atoms with Gasteiger partial charge in [0, 0.05) is 6.54 Å². The van der Waals surface area contributed by atoms with Gasteiger partial charge in [-0.25, -0.2) is 4.79 Å². The zero-order valence-electron chi connectivity index (χ0n) is 17.7. The molecule has 10 heteroatoms. The number of aromatic nitrogens is 2. The Morgan fingerprint density at radius 2 is 1.94 bits per heavy atom. The van der Waals surface area contributed by atoms with Crippen LogP contribution in [0.3, 0.4) is 0 Å². The lowest BCUT2D eigenvalue weighted by atomic mass is 10.0. The minimum atomic E-state index is -4.64. The van der Waals surface area contributed by atoms with Crippen molar-refractivity contribution in [2.45, 2.75) is 45.0 Å². The third kappa shape index (κ3) is 5.46. The van der Waals surface area contributed by atoms with Crippen LogP contribution in [0.4, 0.5) is 13.2 Å². The van der Waals surface area contributed by atoms with E-state index in [4.69, 9.17) is 14.2 Å². The fraction of sp³-hybridized carbons (Fsp3) is 0.455. The van der Waals surface area contributed by atoms with Crippen LogP contribution in [0.5, 0.6) is 5.88 Å². The Morgan fingerprint density at radius 3 is 2.56 bits per heavy atom. The largest absolute Gasteiger partial charge is 0.503 e. The van der Waals surface area contributed by atoms with E-state index in [-0.39, 0.29) is 16.8 Å². The molecule has 1 heterocycles. The number of carbonyl (C=O) groups is 1. The molecule has 1 saturated carbocycles. The zero-order valence-corrected chi connectivity index (χ0v) is 19.3. The van der Waals surface area contributed by atoms with E-state index in [1.807, 2.05) is 0 Å². The van der Waals surface area contributed by atoms with Crippen LogP contribution in [0, 0.1) is 5.92 Å². The number of benzene rings is 1. The molecule has 2 aromatic rings. The van der Waals surface area contributed by atoms with Gasteiger partial charge in [-0.15, -0.1) is 5.10 Å². The first-order valence-corrected chi connectivity index (χ1v) is 10.9. The van der Waals surface area contributed by atoms with Gasteiger partial charge in [0.15, 0.2) is 5.56 Å². The van der Waals surface area contributed by atoms with E-state index in [1.165, 1.54) is 25.2 Å². The minimum Gasteiger partial charge on any atom is -0.503 e. The van der Waals surface area contributed by atoms with Crippen molar-refractivity contribution in [1.82, 2.24) is 9.78 Å². The zero-order chi connectivity index (χ0) is 23.3. The quantitative estimate of drug-likeness (QED) is 0.260. The number of ether oxygens (including phenoxy) is 3. The highest BCUT2D eigenvalue weighted by atomic mass is 79.9. The maximum absolute atomic E-state index is 13.8. The van der Waals surface area contributed by atoms with Crippen molar-refractivity contribution in [2.24, 2.45) is 5.92 Å². The number of halogens is 4. The van der Waals surface area contributed by atoms with Crippen molar-refractivity contribution in [3.8, 4) is 5.88 Å². The molecule has 0 atom stereocenters. The van der Waals surface area contributed by atoms with Gasteiger partial charge in [0.2, 0.25) is 5.88 Å². The molecule has 0 spiro atoms. The van der Waals surface area contributed by atoms with Gasteiger partial charge in [-0.3, -0.25) is 4.68 Å². The van der Waals surface area contributed by atoms with Crippen LogP contribution in [0.1, 0.15) is 42.4 Å². The van der Waals surface area contributed by atoms with E-state index in [0.717, 1.165) is 25.7 Å². The molecular weight excluding hydrogens is 493 g/mol. The number of hydrogen-bond acceptors (Lipinski definition) is 5. The Balaban J connectivity index is 1.90. The van der Waals surface area contributed by atoms with E-state index in [2.05, 4.69) is 21.0 Å². The summed E-state index contributed by atoms with van der Waals surface area (Å²) in [5, 5.41) is 4.11. The van der Waals surface area contributed by atoms with Crippen LogP contribution in [-0.2, 0) is 33.6 Å². The number of methoxy groups -OCH3 is 2. The summed E-state index contributed by atoms with van der Waals surface area (Å²) < 4.78 is 57.8. The van der Waals surface area contributed by atoms with E-state index in [0.29, 0.717) is 23.6 Å². The number of alkyl halides is 3. The summed E-state index contributed by atoms with van der Waals surface area (Å²) in [6.07, 6.45) is 0.673. The first-order valence-electron chi connectivity index (χ1n) is 10.1. The summed E-state index contributed by atoms with van der Waals surface area (Å²) in [6, 6.07) is 6.68. The summed E-state index contributed by atoms with van der Waals surface area (Å²) in [7, 11) is 2.61. The fourth-order valence-electron chi connectivity index (χ4n) is 3.82. The molecule has 0 radical (unpaired) electrons. The first kappa shape index (κ1) is 24.2. The predicted octanol–water partition coefficient (Wildman–Crippen LogP) is 5.59. The molecule has 174 valence electrons. The Bertz CT molecular complexity index is 982. The standard InChI is InChI=1S/C22H24BrF3N2O4/c1-30-13-17(21(29)31-2)16-10-6-5-9-15(16)12-32-20-18(22(24,25)26)19(23)28(27-20)11-14-7-3-4-8-14/h5-6,9-10,13-14H,3-4,7-8,11-12H2,1-2H3/b17-13+. The second-order valence-electron chi connectivity index (χ2n) is 7.51. The smallest absolute Gasteiger partial charge is 0.424 e. The average Bonchev–Trinajstić information content (AvgIpc) is 3.38. The molecule has 1 aromatic carbocycles. The molecule has 0 bridgehead atoms. The topological polar surface area (TPSA) is 62.6 Å². The molecule has 0 unspecified atom stereocenters. The lowest BCUT2D eigenvalue weighted by molar-refractivity contribution is -0.139. The third-order valence-corrected chi connectivity index (χ3v) is 6.17. The highest BCUT2D eigenvalue weighted by Crippen LogP contribution is 2.42. The van der Waals surface area contributed by atoms with Gasteiger partial charge >= 0.3 is 12.1 Å². The maximum atomic E-state index is 13.8. The van der Waals surface area contributed by atoms with Crippen molar-refractivity contribution in [1.29, 1.82) is 0 Å². The third-order valence-electron chi connectivity index (χ3n) is 5.36. The monoisotopic (exact) mass is 516 g/mol. The number of esters is 1. The fourth-order valence-corrected chi connectivity index (χ4v) is 4.44. The molecule has 6 nitrogen and oxygen atoms in total. The number of rotatable bonds is 8. The van der Waals surface area contributed by atoms with Crippen LogP contribution >= 0.6 is 15.9 Å². The summed E-state index contributed by atoms with van der Waals surface area (Å²) in [5.74, 6) is -0.853. The molecule has 0 N–H and O–H groups in total. The highest BCUT2D eigenvalue weighted by molar-refractivity contribution is 9.10. The Kier molecular flexibility index (Phi) is 7.86. The second kappa shape index (κ2) is 10.4. The molecule has 0 saturated heterocycles. The average molecular weight is 517 g/mol. The lowest BCUT2D eigenvalue weighted by Crippen LogP contribution is -2.11. The number of carbonyl (C=O) groups excluding carboxylic acids is 1. The van der Waals surface area contributed by atoms with Gasteiger partial charge in [-0.05, 0) is 45.8 Å². The van der Waals surface area contributed by atoms with Crippen LogP contribution in [0.25, 0.3) is 5.57 Å². The van der Waals surface area contributed by atoms with Crippen molar-refractivity contribution in [3.63, 3.8) is 0 Å². The first-order chi connectivity index (χ1) is 15.3. The second-order valence-corrected chi connectivity index (χ2v) is 8.26. The van der Waals surface area contributed by atoms with Gasteiger partial charge in [-0.1, -0.05) is 37.1 Å². The normalized spacial score (nSPS) is 15.1. The molecule has 3 rings (SSSR count). The molecular formula is C22H24BrF3N2O4. The van der Waals surface area contributed by atoms with Crippen LogP contribution < -0.4 is 4.74 Å². The molecule has 32 heavy (non-hydrogen) atoms. The maximum Gasteiger partial charge on any atom is 0.424 e. The summed E-state index contributed by atoms with van der Waals surface area (Å²) >= 11 is 3.07. The predicted molar refractivity (Wildman–Crippen MR) is 115 cm³/mol. The van der Waals surface area contributed by atoms with E-state index in [1.54, 1.807) is 24.3 Å². The SMILES string of the molecule is CO/C=C(/C(=O)OC)c1ccccc1COc1nn(CC2CCCC2)c(Br)c1C(F)(F)F. The van der Waals surface area contributed by atoms with Crippen LogP contribution in [0.15, 0.2) is 35.1 Å². The van der Waals surface area contributed by atoms with Gasteiger partial charge in [-0.2, -0.15) is 13.2 Å². The highest BCUT2D eigenvalue weighted by Gasteiger charge is 2.41. The summed E-state index contributed by atoms with van der Waals surface area (Å²) in [4.78, 5) is 12.1. The summed E-state index contributed by atoms with van der Waals surface area (Å²) in [5.41, 5.74) is 0.0850. The van der Waals surface area contributed by atoms with Gasteiger partial charge in [0.05, 0.1) is 20.5 Å². The molecule has 0 amide bonds. The van der Waals surface area contributed by atoms with E-state index >= 15 is 0 Å². The Hall–Kier alpha value is -2.49. The number of hydrogen-bond donors (Lipinski definition) is 0. The van der Waals surface area contributed by atoms with Crippen molar-refractivity contribution >= 4 is 27.5 Å². The van der Waals surface area contributed by atoms with Crippen LogP contribution in [-0.4, -0.2) is 30.0 Å². The minimum absolute atomic E-state index is 0.123. The Morgan fingerprint density at radius 1 is 1.25 bits per heavy atom. The summed E-state index contributed by atoms with van der Waals surface area (Å²) in [6.45, 7) is 0.164. The molecule has 1 aliphatic carbocycles. The number of nitrogens with zero attached hydrogens (tertiary/aromatic N) is 2. The molecule has 0 aliphatic heterocycles. The van der Waals surface area contributed by atoms with E-state index < -0.39 is 23.6 Å². The van der Waals surface area contributed by atoms with Gasteiger partial charge in [0.25, 0.3) is 0 Å². The lowest BCUT2D eigenvalue weighted by Gasteiger charge is -2.13. The molecule has 1 aromatic heterocycles. The van der Waals surface area contributed by atoms with E-state index in [9.17, 15) is 18.0 Å².